The zero-order valence-corrected chi connectivity index (χ0v) is 17.1. The van der Waals surface area contributed by atoms with Gasteiger partial charge in [-0.05, 0) is 42.9 Å². The number of carbonyl (C=O) groups is 1. The zero-order chi connectivity index (χ0) is 19.5. The van der Waals surface area contributed by atoms with Crippen LogP contribution in [0.4, 0.5) is 10.8 Å². The van der Waals surface area contributed by atoms with Gasteiger partial charge in [-0.25, -0.2) is 0 Å². The molecule has 28 heavy (non-hydrogen) atoms. The van der Waals surface area contributed by atoms with Gasteiger partial charge in [-0.1, -0.05) is 29.9 Å². The molecule has 1 aliphatic heterocycles. The molecule has 4 rings (SSSR count). The Balaban J connectivity index is 1.49. The molecule has 0 bridgehead atoms. The van der Waals surface area contributed by atoms with E-state index in [2.05, 4.69) is 32.2 Å². The maximum Gasteiger partial charge on any atom is 0.272 e. The van der Waals surface area contributed by atoms with Crippen LogP contribution in [0.5, 0.6) is 0 Å². The molecular weight excluding hydrogens is 396 g/mol. The lowest BCUT2D eigenvalue weighted by atomic mass is 10.3. The van der Waals surface area contributed by atoms with E-state index in [4.69, 9.17) is 11.6 Å². The van der Waals surface area contributed by atoms with E-state index in [9.17, 15) is 4.79 Å². The van der Waals surface area contributed by atoms with E-state index in [1.54, 1.807) is 34.9 Å². The molecule has 1 amide bonds. The highest BCUT2D eigenvalue weighted by atomic mass is 35.5. The number of aromatic nitrogens is 3. The zero-order valence-electron chi connectivity index (χ0n) is 15.5. The lowest BCUT2D eigenvalue weighted by Crippen LogP contribution is -2.46. The standard InChI is InChI=1S/C19H21ClN6OS/c1-2-24-10-12-25(13-11-24)18-22-23-19(28-18)26-9-3-4-16(26)17(27)21-15-7-5-14(20)6-8-15/h3-9H,2,10-13H2,1H3,(H,21,27). The third-order valence-electron chi connectivity index (χ3n) is 4.78. The molecule has 2 aromatic heterocycles. The van der Waals surface area contributed by atoms with Crippen molar-refractivity contribution >= 4 is 39.7 Å². The fraction of sp³-hybridized carbons (Fsp3) is 0.316. The van der Waals surface area contributed by atoms with Crippen molar-refractivity contribution < 1.29 is 4.79 Å². The van der Waals surface area contributed by atoms with Crippen LogP contribution in [0.3, 0.4) is 0 Å². The third kappa shape index (κ3) is 4.04. The third-order valence-corrected chi connectivity index (χ3v) is 6.02. The minimum absolute atomic E-state index is 0.208. The number of anilines is 2. The van der Waals surface area contributed by atoms with Gasteiger partial charge in [-0.15, -0.1) is 10.2 Å². The summed E-state index contributed by atoms with van der Waals surface area (Å²) in [7, 11) is 0. The first-order valence-corrected chi connectivity index (χ1v) is 10.4. The molecule has 0 aliphatic carbocycles. The van der Waals surface area contributed by atoms with Gasteiger partial charge in [-0.2, -0.15) is 0 Å². The van der Waals surface area contributed by atoms with Gasteiger partial charge in [-0.3, -0.25) is 9.36 Å². The maximum atomic E-state index is 12.7. The Hall–Kier alpha value is -2.42. The summed E-state index contributed by atoms with van der Waals surface area (Å²) in [5, 5.41) is 13.7. The van der Waals surface area contributed by atoms with Gasteiger partial charge in [0.25, 0.3) is 5.91 Å². The Bertz CT molecular complexity index is 946. The summed E-state index contributed by atoms with van der Waals surface area (Å²) < 4.78 is 1.77. The number of amides is 1. The minimum atomic E-state index is -0.208. The van der Waals surface area contributed by atoms with Crippen LogP contribution < -0.4 is 10.2 Å². The maximum absolute atomic E-state index is 12.7. The molecule has 1 N–H and O–H groups in total. The number of nitrogens with one attached hydrogen (secondary N) is 1. The molecule has 1 saturated heterocycles. The monoisotopic (exact) mass is 416 g/mol. The van der Waals surface area contributed by atoms with E-state index in [1.165, 1.54) is 11.3 Å². The molecule has 0 unspecified atom stereocenters. The van der Waals surface area contributed by atoms with Crippen molar-refractivity contribution in [1.29, 1.82) is 0 Å². The van der Waals surface area contributed by atoms with Crippen molar-refractivity contribution in [1.82, 2.24) is 19.7 Å². The highest BCUT2D eigenvalue weighted by Gasteiger charge is 2.21. The number of benzene rings is 1. The summed E-state index contributed by atoms with van der Waals surface area (Å²) >= 11 is 7.39. The number of piperazine rings is 1. The second kappa shape index (κ2) is 8.30. The molecule has 7 nitrogen and oxygen atoms in total. The molecule has 3 heterocycles. The van der Waals surface area contributed by atoms with Crippen molar-refractivity contribution in [2.24, 2.45) is 0 Å². The second-order valence-electron chi connectivity index (χ2n) is 6.51. The van der Waals surface area contributed by atoms with E-state index in [0.29, 0.717) is 21.5 Å². The van der Waals surface area contributed by atoms with Gasteiger partial charge in [0, 0.05) is 43.1 Å². The number of carbonyl (C=O) groups excluding carboxylic acids is 1. The first-order valence-electron chi connectivity index (χ1n) is 9.19. The van der Waals surface area contributed by atoms with Gasteiger partial charge < -0.3 is 15.1 Å². The van der Waals surface area contributed by atoms with Crippen LogP contribution in [0.25, 0.3) is 5.13 Å². The van der Waals surface area contributed by atoms with Crippen LogP contribution in [-0.2, 0) is 0 Å². The predicted octanol–water partition coefficient (Wildman–Crippen LogP) is 3.38. The van der Waals surface area contributed by atoms with E-state index >= 15 is 0 Å². The molecule has 1 aliphatic rings. The van der Waals surface area contributed by atoms with Gasteiger partial charge in [0.1, 0.15) is 5.69 Å². The summed E-state index contributed by atoms with van der Waals surface area (Å²) in [5.74, 6) is -0.208. The predicted molar refractivity (Wildman–Crippen MR) is 113 cm³/mol. The number of hydrogen-bond acceptors (Lipinski definition) is 6. The van der Waals surface area contributed by atoms with Gasteiger partial charge in [0.2, 0.25) is 10.3 Å². The van der Waals surface area contributed by atoms with Crippen LogP contribution in [0.2, 0.25) is 5.02 Å². The van der Waals surface area contributed by atoms with E-state index in [1.807, 2.05) is 12.3 Å². The summed E-state index contributed by atoms with van der Waals surface area (Å²) in [5.41, 5.74) is 1.20. The number of likely N-dealkylation sites (N-methyl/N-ethyl adjacent to an activating group) is 1. The van der Waals surface area contributed by atoms with Crippen molar-refractivity contribution in [2.45, 2.75) is 6.92 Å². The molecule has 0 atom stereocenters. The molecule has 0 radical (unpaired) electrons. The highest BCUT2D eigenvalue weighted by Crippen LogP contribution is 2.26. The fourth-order valence-corrected chi connectivity index (χ4v) is 4.17. The van der Waals surface area contributed by atoms with E-state index in [0.717, 1.165) is 37.9 Å². The van der Waals surface area contributed by atoms with Crippen molar-refractivity contribution in [3.8, 4) is 5.13 Å². The molecule has 0 spiro atoms. The molecule has 1 aromatic carbocycles. The molecule has 3 aromatic rings. The first kappa shape index (κ1) is 18.9. The van der Waals surface area contributed by atoms with Crippen LogP contribution in [0, 0.1) is 0 Å². The summed E-state index contributed by atoms with van der Waals surface area (Å²) in [6.45, 7) is 7.20. The Morgan fingerprint density at radius 2 is 1.82 bits per heavy atom. The Kier molecular flexibility index (Phi) is 5.61. The normalized spacial score (nSPS) is 15.0. The first-order chi connectivity index (χ1) is 13.6. The van der Waals surface area contributed by atoms with Gasteiger partial charge in [0.15, 0.2) is 0 Å². The molecule has 0 saturated carbocycles. The Morgan fingerprint density at radius 1 is 1.11 bits per heavy atom. The van der Waals surface area contributed by atoms with Crippen molar-refractivity contribution in [3.63, 3.8) is 0 Å². The van der Waals surface area contributed by atoms with Gasteiger partial charge >= 0.3 is 0 Å². The average Bonchev–Trinajstić information content (AvgIpc) is 3.39. The van der Waals surface area contributed by atoms with Crippen molar-refractivity contribution in [2.75, 3.05) is 42.9 Å². The number of nitrogens with zero attached hydrogens (tertiary/aromatic N) is 5. The van der Waals surface area contributed by atoms with Crippen molar-refractivity contribution in [3.05, 3.63) is 53.3 Å². The molecule has 9 heteroatoms. The molecular formula is C19H21ClN6OS. The van der Waals surface area contributed by atoms with Crippen LogP contribution >= 0.6 is 22.9 Å². The van der Waals surface area contributed by atoms with E-state index in [-0.39, 0.29) is 5.91 Å². The largest absolute Gasteiger partial charge is 0.344 e. The number of hydrogen-bond donors (Lipinski definition) is 1. The Morgan fingerprint density at radius 3 is 2.54 bits per heavy atom. The number of rotatable bonds is 5. The van der Waals surface area contributed by atoms with Crippen LogP contribution in [0.1, 0.15) is 17.4 Å². The number of halogens is 1. The highest BCUT2D eigenvalue weighted by molar-refractivity contribution is 7.17. The SMILES string of the molecule is CCN1CCN(c2nnc(-n3cccc3C(=O)Nc3ccc(Cl)cc3)s2)CC1. The quantitative estimate of drug-likeness (QED) is 0.690. The average molecular weight is 417 g/mol. The smallest absolute Gasteiger partial charge is 0.272 e. The van der Waals surface area contributed by atoms with Crippen LogP contribution in [0.15, 0.2) is 42.6 Å². The van der Waals surface area contributed by atoms with Crippen LogP contribution in [-0.4, -0.2) is 58.3 Å². The topological polar surface area (TPSA) is 66.3 Å². The fourth-order valence-electron chi connectivity index (χ4n) is 3.15. The minimum Gasteiger partial charge on any atom is -0.344 e. The summed E-state index contributed by atoms with van der Waals surface area (Å²) in [6.07, 6.45) is 1.83. The second-order valence-corrected chi connectivity index (χ2v) is 7.88. The molecule has 1 fully saturated rings. The van der Waals surface area contributed by atoms with Gasteiger partial charge in [0.05, 0.1) is 0 Å². The summed E-state index contributed by atoms with van der Waals surface area (Å²) in [4.78, 5) is 17.4. The lowest BCUT2D eigenvalue weighted by molar-refractivity contribution is 0.102. The lowest BCUT2D eigenvalue weighted by Gasteiger charge is -2.33. The summed E-state index contributed by atoms with van der Waals surface area (Å²) in [6, 6.07) is 10.6. The van der Waals surface area contributed by atoms with E-state index < -0.39 is 0 Å². The Labute approximate surface area is 172 Å². The molecule has 146 valence electrons.